The van der Waals surface area contributed by atoms with E-state index >= 15 is 0 Å². The number of urea groups is 1. The molecule has 0 aromatic rings. The Morgan fingerprint density at radius 2 is 1.74 bits per heavy atom. The average Bonchev–Trinajstić information content (AvgIpc) is 3.30. The SMILES string of the molecule is C[C@@H](C(=O)C[C@H](CCCN=C(N)N)C(=O)NCCC(=O)O)N1CCN(C(=O)[C@H](CNC=O)N2C(=O)N[C@@H](CCNC=O)C2=O)CC1. The van der Waals surface area contributed by atoms with Crippen molar-refractivity contribution in [2.45, 2.75) is 57.2 Å². The number of imide groups is 1. The molecule has 0 unspecified atom stereocenters. The zero-order valence-electron chi connectivity index (χ0n) is 25.8. The Hall–Kier alpha value is -4.81. The summed E-state index contributed by atoms with van der Waals surface area (Å²) in [5.41, 5.74) is 10.7. The first kappa shape index (κ1) is 37.4. The summed E-state index contributed by atoms with van der Waals surface area (Å²) < 4.78 is 0. The molecular weight excluding hydrogens is 608 g/mol. The number of amides is 7. The van der Waals surface area contributed by atoms with E-state index in [1.165, 1.54) is 4.90 Å². The summed E-state index contributed by atoms with van der Waals surface area (Å²) in [6.07, 6.45) is 1.29. The average molecular weight is 653 g/mol. The van der Waals surface area contributed by atoms with Gasteiger partial charge in [0.25, 0.3) is 5.91 Å². The number of aliphatic carboxylic acids is 1. The molecule has 2 rings (SSSR count). The number of ketones is 1. The fraction of sp³-hybridized carbons (Fsp3) is 0.667. The lowest BCUT2D eigenvalue weighted by molar-refractivity contribution is -0.144. The third-order valence-electron chi connectivity index (χ3n) is 7.81. The molecule has 0 spiro atoms. The summed E-state index contributed by atoms with van der Waals surface area (Å²) in [5.74, 6) is -3.76. The van der Waals surface area contributed by atoms with Crippen LogP contribution in [-0.4, -0.2) is 145 Å². The van der Waals surface area contributed by atoms with E-state index in [1.807, 2.05) is 4.90 Å². The lowest BCUT2D eigenvalue weighted by Gasteiger charge is -2.39. The molecule has 256 valence electrons. The monoisotopic (exact) mass is 652 g/mol. The third-order valence-corrected chi connectivity index (χ3v) is 7.81. The normalized spacial score (nSPS) is 18.5. The Morgan fingerprint density at radius 1 is 1.07 bits per heavy atom. The van der Waals surface area contributed by atoms with Crippen LogP contribution in [-0.2, 0) is 33.6 Å². The smallest absolute Gasteiger partial charge is 0.325 e. The van der Waals surface area contributed by atoms with Crippen LogP contribution in [0.25, 0.3) is 0 Å². The number of guanidine groups is 1. The predicted octanol–water partition coefficient (Wildman–Crippen LogP) is -4.09. The van der Waals surface area contributed by atoms with Gasteiger partial charge in [-0.1, -0.05) is 0 Å². The molecule has 0 aliphatic carbocycles. The van der Waals surface area contributed by atoms with Gasteiger partial charge in [-0.15, -0.1) is 0 Å². The van der Waals surface area contributed by atoms with Crippen LogP contribution in [0.4, 0.5) is 4.79 Å². The first-order valence-corrected chi connectivity index (χ1v) is 15.0. The largest absolute Gasteiger partial charge is 0.481 e. The minimum atomic E-state index is -1.30. The molecule has 19 heteroatoms. The molecule has 0 aromatic heterocycles. The highest BCUT2D eigenvalue weighted by Crippen LogP contribution is 2.19. The van der Waals surface area contributed by atoms with Gasteiger partial charge in [-0.25, -0.2) is 9.69 Å². The maximum atomic E-state index is 13.5. The molecular formula is C27H44N10O9. The van der Waals surface area contributed by atoms with E-state index in [4.69, 9.17) is 16.6 Å². The van der Waals surface area contributed by atoms with E-state index in [1.54, 1.807) is 6.92 Å². The molecule has 2 fully saturated rings. The number of rotatable bonds is 21. The molecule has 4 atom stereocenters. The van der Waals surface area contributed by atoms with Gasteiger partial charge < -0.3 is 42.7 Å². The number of hydrogen-bond donors (Lipinski definition) is 7. The van der Waals surface area contributed by atoms with Crippen molar-refractivity contribution in [3.63, 3.8) is 0 Å². The van der Waals surface area contributed by atoms with Gasteiger partial charge in [0, 0.05) is 64.7 Å². The van der Waals surface area contributed by atoms with Crippen molar-refractivity contribution >= 4 is 54.3 Å². The predicted molar refractivity (Wildman–Crippen MR) is 162 cm³/mol. The molecule has 2 heterocycles. The number of carboxylic acid groups (broad SMARTS) is 1. The van der Waals surface area contributed by atoms with Crippen molar-refractivity contribution in [1.82, 2.24) is 36.0 Å². The first-order valence-electron chi connectivity index (χ1n) is 15.0. The molecule has 2 saturated heterocycles. The molecule has 2 aliphatic rings. The van der Waals surface area contributed by atoms with Gasteiger partial charge in [0.15, 0.2) is 5.96 Å². The van der Waals surface area contributed by atoms with Gasteiger partial charge in [0.1, 0.15) is 17.9 Å². The Labute approximate surface area is 265 Å². The van der Waals surface area contributed by atoms with Gasteiger partial charge in [0.05, 0.1) is 12.5 Å². The van der Waals surface area contributed by atoms with Crippen molar-refractivity contribution in [2.75, 3.05) is 52.4 Å². The van der Waals surface area contributed by atoms with Crippen molar-refractivity contribution in [1.29, 1.82) is 0 Å². The summed E-state index contributed by atoms with van der Waals surface area (Å²) in [6, 6.07) is -3.63. The molecule has 0 saturated carbocycles. The van der Waals surface area contributed by atoms with Gasteiger partial charge in [0.2, 0.25) is 24.6 Å². The van der Waals surface area contributed by atoms with Crippen molar-refractivity contribution in [3.8, 4) is 0 Å². The van der Waals surface area contributed by atoms with Gasteiger partial charge in [-0.05, 0) is 26.2 Å². The maximum Gasteiger partial charge on any atom is 0.325 e. The van der Waals surface area contributed by atoms with Crippen LogP contribution in [0.15, 0.2) is 4.99 Å². The number of Topliss-reactive ketones (excluding diaryl/α,β-unsaturated/α-hetero) is 1. The Bertz CT molecular complexity index is 1150. The fourth-order valence-corrected chi connectivity index (χ4v) is 5.24. The third kappa shape index (κ3) is 11.3. The number of carboxylic acids is 1. The zero-order chi connectivity index (χ0) is 34.2. The molecule has 46 heavy (non-hydrogen) atoms. The Morgan fingerprint density at radius 3 is 2.35 bits per heavy atom. The van der Waals surface area contributed by atoms with E-state index < -0.39 is 53.8 Å². The quantitative estimate of drug-likeness (QED) is 0.0205. The van der Waals surface area contributed by atoms with Crippen LogP contribution in [0.2, 0.25) is 0 Å². The van der Waals surface area contributed by atoms with Crippen LogP contribution in [0.5, 0.6) is 0 Å². The highest BCUT2D eigenvalue weighted by Gasteiger charge is 2.45. The molecule has 7 amide bonds. The van der Waals surface area contributed by atoms with Gasteiger partial charge >= 0.3 is 12.0 Å². The number of carbonyl (C=O) groups excluding carboxylic acids is 7. The van der Waals surface area contributed by atoms with E-state index in [0.717, 1.165) is 4.90 Å². The molecule has 0 aromatic carbocycles. The van der Waals surface area contributed by atoms with Gasteiger partial charge in [-0.2, -0.15) is 0 Å². The molecule has 0 radical (unpaired) electrons. The van der Waals surface area contributed by atoms with Gasteiger partial charge in [-0.3, -0.25) is 43.5 Å². The minimum Gasteiger partial charge on any atom is -0.481 e. The lowest BCUT2D eigenvalue weighted by Crippen LogP contribution is -2.60. The minimum absolute atomic E-state index is 0.0790. The van der Waals surface area contributed by atoms with Crippen LogP contribution in [0, 0.1) is 5.92 Å². The standard InChI is InChI=1S/C27H44N10O9/c1-17(21(40)13-18(3-2-6-33-26(28)29)23(43)32-8-5-22(41)42)35-9-11-36(12-10-35)25(45)20(14-31-16-39)37-24(44)19(34-27(37)46)4-7-30-15-38/h15-20H,2-14H2,1H3,(H,30,38)(H,31,39)(H,32,43)(H,34,46)(H,41,42)(H4,28,29,33)/t17-,18-,19-,20-/m0/s1. The summed E-state index contributed by atoms with van der Waals surface area (Å²) in [7, 11) is 0. The maximum absolute atomic E-state index is 13.5. The summed E-state index contributed by atoms with van der Waals surface area (Å²) >= 11 is 0. The molecule has 0 bridgehead atoms. The second-order valence-corrected chi connectivity index (χ2v) is 10.9. The molecule has 19 nitrogen and oxygen atoms in total. The zero-order valence-corrected chi connectivity index (χ0v) is 25.8. The number of piperazine rings is 1. The van der Waals surface area contributed by atoms with Crippen LogP contribution in [0.1, 0.15) is 39.0 Å². The molecule has 2 aliphatic heterocycles. The van der Waals surface area contributed by atoms with E-state index in [0.29, 0.717) is 25.7 Å². The number of hydrogen-bond acceptors (Lipinski definition) is 10. The summed E-state index contributed by atoms with van der Waals surface area (Å²) in [6.45, 7) is 2.62. The number of nitrogens with two attached hydrogens (primary N) is 2. The number of nitrogens with one attached hydrogen (secondary N) is 4. The fourth-order valence-electron chi connectivity index (χ4n) is 5.24. The molecule has 9 N–H and O–H groups in total. The highest BCUT2D eigenvalue weighted by molar-refractivity contribution is 6.07. The summed E-state index contributed by atoms with van der Waals surface area (Å²) in [5, 5.41) is 18.7. The topological polar surface area (TPSA) is 279 Å². The van der Waals surface area contributed by atoms with Crippen LogP contribution in [0.3, 0.4) is 0 Å². The second kappa shape index (κ2) is 18.9. The Balaban J connectivity index is 2.02. The first-order chi connectivity index (χ1) is 21.9. The van der Waals surface area contributed by atoms with Crippen LogP contribution >= 0.6 is 0 Å². The second-order valence-electron chi connectivity index (χ2n) is 10.9. The lowest BCUT2D eigenvalue weighted by atomic mass is 9.93. The summed E-state index contributed by atoms with van der Waals surface area (Å²) in [4.78, 5) is 106. The number of carbonyl (C=O) groups is 8. The van der Waals surface area contributed by atoms with E-state index in [-0.39, 0.29) is 83.4 Å². The van der Waals surface area contributed by atoms with Crippen LogP contribution < -0.4 is 32.7 Å². The van der Waals surface area contributed by atoms with E-state index in [9.17, 15) is 38.4 Å². The van der Waals surface area contributed by atoms with Crippen molar-refractivity contribution in [2.24, 2.45) is 22.4 Å². The number of aliphatic imine (C=N–C) groups is 1. The Kier molecular flexibility index (Phi) is 15.3. The van der Waals surface area contributed by atoms with Crippen molar-refractivity contribution in [3.05, 3.63) is 0 Å². The number of nitrogens with zero attached hydrogens (tertiary/aromatic N) is 4. The highest BCUT2D eigenvalue weighted by atomic mass is 16.4. The van der Waals surface area contributed by atoms with Crippen molar-refractivity contribution < 1.29 is 43.5 Å². The van der Waals surface area contributed by atoms with E-state index in [2.05, 4.69) is 26.3 Å².